The van der Waals surface area contributed by atoms with E-state index in [1.807, 2.05) is 0 Å². The van der Waals surface area contributed by atoms with Gasteiger partial charge in [-0.25, -0.2) is 0 Å². The van der Waals surface area contributed by atoms with Crippen LogP contribution in [0.15, 0.2) is 28.7 Å². The Bertz CT molecular complexity index is 253. The third-order valence-electron chi connectivity index (χ3n) is 2.37. The van der Waals surface area contributed by atoms with Gasteiger partial charge in [0.05, 0.1) is 0 Å². The van der Waals surface area contributed by atoms with Gasteiger partial charge in [-0.2, -0.15) is 0 Å². The summed E-state index contributed by atoms with van der Waals surface area (Å²) in [5.74, 6) is 1.35. The van der Waals surface area contributed by atoms with Crippen LogP contribution in [0.5, 0.6) is 0 Å². The Hall–Kier alpha value is -0.300. The van der Waals surface area contributed by atoms with Gasteiger partial charge in [0.15, 0.2) is 0 Å². The fraction of sp³-hybridized carbons (Fsp3) is 0.455. The molecule has 0 N–H and O–H groups in total. The van der Waals surface area contributed by atoms with Crippen molar-refractivity contribution >= 4 is 15.9 Å². The van der Waals surface area contributed by atoms with Crippen LogP contribution in [0, 0.1) is 5.92 Å². The zero-order chi connectivity index (χ0) is 9.14. The molecule has 1 atom stereocenters. The lowest BCUT2D eigenvalue weighted by molar-refractivity contribution is 0.535. The molecule has 0 radical (unpaired) electrons. The average molecular weight is 227 g/mol. The summed E-state index contributed by atoms with van der Waals surface area (Å²) < 4.78 is 1.17. The van der Waals surface area contributed by atoms with Crippen LogP contribution < -0.4 is 0 Å². The lowest BCUT2D eigenvalue weighted by Gasteiger charge is -2.15. The summed E-state index contributed by atoms with van der Waals surface area (Å²) in [4.78, 5) is 0. The van der Waals surface area contributed by atoms with E-state index < -0.39 is 0 Å². The molecule has 0 aliphatic carbocycles. The van der Waals surface area contributed by atoms with Crippen LogP contribution in [-0.4, -0.2) is 0 Å². The molecule has 12 heavy (non-hydrogen) atoms. The zero-order valence-corrected chi connectivity index (χ0v) is 9.43. The number of rotatable bonds is 2. The van der Waals surface area contributed by atoms with Crippen molar-refractivity contribution in [3.05, 3.63) is 34.3 Å². The molecule has 0 aliphatic heterocycles. The van der Waals surface area contributed by atoms with Crippen LogP contribution in [0.3, 0.4) is 0 Å². The molecule has 0 saturated heterocycles. The largest absolute Gasteiger partial charge is 0.0622 e. The third-order valence-corrected chi connectivity index (χ3v) is 2.87. The maximum absolute atomic E-state index is 3.48. The molecule has 1 heteroatoms. The van der Waals surface area contributed by atoms with Crippen molar-refractivity contribution in [2.24, 2.45) is 5.92 Å². The SMILES string of the molecule is CC(C)C(C)c1cccc(Br)c1. The first-order valence-corrected chi connectivity index (χ1v) is 5.16. The number of benzene rings is 1. The second-order valence-corrected chi connectivity index (χ2v) is 4.50. The summed E-state index contributed by atoms with van der Waals surface area (Å²) in [7, 11) is 0. The van der Waals surface area contributed by atoms with Crippen LogP contribution in [0.25, 0.3) is 0 Å². The molecule has 1 aromatic carbocycles. The van der Waals surface area contributed by atoms with E-state index in [0.29, 0.717) is 11.8 Å². The summed E-state index contributed by atoms with van der Waals surface area (Å²) >= 11 is 3.48. The molecule has 0 nitrogen and oxygen atoms in total. The summed E-state index contributed by atoms with van der Waals surface area (Å²) in [6.07, 6.45) is 0. The molecule has 66 valence electrons. The van der Waals surface area contributed by atoms with E-state index in [1.54, 1.807) is 0 Å². The average Bonchev–Trinajstić information content (AvgIpc) is 2.03. The Morgan fingerprint density at radius 1 is 1.17 bits per heavy atom. The standard InChI is InChI=1S/C11H15Br/c1-8(2)9(3)10-5-4-6-11(12)7-10/h4-9H,1-3H3. The topological polar surface area (TPSA) is 0 Å². The van der Waals surface area contributed by atoms with Gasteiger partial charge in [0.25, 0.3) is 0 Å². The molecule has 1 aromatic rings. The minimum Gasteiger partial charge on any atom is -0.0622 e. The van der Waals surface area contributed by atoms with Crippen molar-refractivity contribution in [3.63, 3.8) is 0 Å². The smallest absolute Gasteiger partial charge is 0.0178 e. The second-order valence-electron chi connectivity index (χ2n) is 3.59. The van der Waals surface area contributed by atoms with E-state index in [0.717, 1.165) is 0 Å². The van der Waals surface area contributed by atoms with Crippen LogP contribution >= 0.6 is 15.9 Å². The van der Waals surface area contributed by atoms with Crippen LogP contribution in [-0.2, 0) is 0 Å². The predicted molar refractivity (Wildman–Crippen MR) is 57.4 cm³/mol. The number of hydrogen-bond acceptors (Lipinski definition) is 0. The monoisotopic (exact) mass is 226 g/mol. The maximum Gasteiger partial charge on any atom is 0.0178 e. The van der Waals surface area contributed by atoms with Gasteiger partial charge in [-0.1, -0.05) is 48.8 Å². The third kappa shape index (κ3) is 2.34. The van der Waals surface area contributed by atoms with Crippen LogP contribution in [0.4, 0.5) is 0 Å². The first kappa shape index (κ1) is 9.79. The number of hydrogen-bond donors (Lipinski definition) is 0. The fourth-order valence-electron chi connectivity index (χ4n) is 1.17. The Morgan fingerprint density at radius 3 is 2.33 bits per heavy atom. The van der Waals surface area contributed by atoms with E-state index in [2.05, 4.69) is 61.0 Å². The van der Waals surface area contributed by atoms with Gasteiger partial charge < -0.3 is 0 Å². The van der Waals surface area contributed by atoms with Gasteiger partial charge in [-0.3, -0.25) is 0 Å². The predicted octanol–water partition coefficient (Wildman–Crippen LogP) is 4.21. The van der Waals surface area contributed by atoms with Crippen LogP contribution in [0.2, 0.25) is 0 Å². The first-order valence-electron chi connectivity index (χ1n) is 4.36. The highest BCUT2D eigenvalue weighted by Gasteiger charge is 2.09. The molecule has 0 aliphatic rings. The molecule has 0 aromatic heterocycles. The Kier molecular flexibility index (Phi) is 3.33. The lowest BCUT2D eigenvalue weighted by atomic mass is 9.91. The Labute approximate surface area is 83.1 Å². The van der Waals surface area contributed by atoms with Gasteiger partial charge in [-0.15, -0.1) is 0 Å². The minimum absolute atomic E-state index is 0.641. The summed E-state index contributed by atoms with van der Waals surface area (Å²) in [6.45, 7) is 6.78. The van der Waals surface area contributed by atoms with Gasteiger partial charge in [0.2, 0.25) is 0 Å². The molecule has 0 heterocycles. The molecule has 1 rings (SSSR count). The molecule has 0 amide bonds. The fourth-order valence-corrected chi connectivity index (χ4v) is 1.59. The summed E-state index contributed by atoms with van der Waals surface area (Å²) in [5.41, 5.74) is 1.42. The van der Waals surface area contributed by atoms with Crippen LogP contribution in [0.1, 0.15) is 32.3 Å². The molecular formula is C11H15Br. The number of halogens is 1. The highest BCUT2D eigenvalue weighted by molar-refractivity contribution is 9.10. The van der Waals surface area contributed by atoms with Gasteiger partial charge in [0, 0.05) is 4.47 Å². The first-order chi connectivity index (χ1) is 5.61. The van der Waals surface area contributed by atoms with Gasteiger partial charge in [0.1, 0.15) is 0 Å². The zero-order valence-electron chi connectivity index (χ0n) is 7.84. The molecule has 0 bridgehead atoms. The summed E-state index contributed by atoms with van der Waals surface area (Å²) in [6, 6.07) is 8.55. The molecule has 0 saturated carbocycles. The molecule has 0 spiro atoms. The van der Waals surface area contributed by atoms with E-state index in [4.69, 9.17) is 0 Å². The van der Waals surface area contributed by atoms with Gasteiger partial charge >= 0.3 is 0 Å². The molecular weight excluding hydrogens is 212 g/mol. The van der Waals surface area contributed by atoms with Crippen molar-refractivity contribution in [2.75, 3.05) is 0 Å². The minimum atomic E-state index is 0.641. The van der Waals surface area contributed by atoms with Crippen molar-refractivity contribution < 1.29 is 0 Å². The van der Waals surface area contributed by atoms with Crippen molar-refractivity contribution in [1.29, 1.82) is 0 Å². The van der Waals surface area contributed by atoms with Gasteiger partial charge in [-0.05, 0) is 29.5 Å². The lowest BCUT2D eigenvalue weighted by Crippen LogP contribution is -2.01. The van der Waals surface area contributed by atoms with Crippen molar-refractivity contribution in [3.8, 4) is 0 Å². The normalized spacial score (nSPS) is 13.4. The highest BCUT2D eigenvalue weighted by Crippen LogP contribution is 2.25. The Morgan fingerprint density at radius 2 is 1.83 bits per heavy atom. The van der Waals surface area contributed by atoms with Crippen molar-refractivity contribution in [1.82, 2.24) is 0 Å². The van der Waals surface area contributed by atoms with E-state index >= 15 is 0 Å². The van der Waals surface area contributed by atoms with Crippen molar-refractivity contribution in [2.45, 2.75) is 26.7 Å². The molecule has 1 unspecified atom stereocenters. The molecule has 0 fully saturated rings. The quantitative estimate of drug-likeness (QED) is 0.709. The van der Waals surface area contributed by atoms with E-state index in [-0.39, 0.29) is 0 Å². The summed E-state index contributed by atoms with van der Waals surface area (Å²) in [5, 5.41) is 0. The van der Waals surface area contributed by atoms with E-state index in [1.165, 1.54) is 10.0 Å². The second kappa shape index (κ2) is 4.08. The van der Waals surface area contributed by atoms with E-state index in [9.17, 15) is 0 Å². The Balaban J connectivity index is 2.88. The highest BCUT2D eigenvalue weighted by atomic mass is 79.9. The maximum atomic E-state index is 3.48.